The third-order valence-corrected chi connectivity index (χ3v) is 6.21. The average molecular weight is 611 g/mol. The number of hydrogen-bond donors (Lipinski definition) is 2. The third-order valence-electron chi connectivity index (χ3n) is 5.77. The van der Waals surface area contributed by atoms with Gasteiger partial charge in [0.1, 0.15) is 24.0 Å². The van der Waals surface area contributed by atoms with E-state index in [4.69, 9.17) is 37.4 Å². The molecule has 2 amide bonds. The molecular weight excluding hydrogens is 581 g/mol. The number of carbonyl (C=O) groups excluding carboxylic acids is 1. The van der Waals surface area contributed by atoms with Crippen LogP contribution in [0.2, 0.25) is 10.0 Å². The highest BCUT2D eigenvalue weighted by Crippen LogP contribution is 2.20. The number of carboxylic acids is 1. The van der Waals surface area contributed by atoms with Crippen LogP contribution in [0.4, 0.5) is 19.3 Å². The molecule has 0 aromatic heterocycles. The summed E-state index contributed by atoms with van der Waals surface area (Å²) in [5.74, 6) is -2.19. The summed E-state index contributed by atoms with van der Waals surface area (Å²) in [6.07, 6.45) is -0.735. The molecule has 220 valence electrons. The quantitative estimate of drug-likeness (QED) is 0.192. The number of ether oxygens (including phenoxy) is 3. The van der Waals surface area contributed by atoms with Gasteiger partial charge in [0, 0.05) is 35.7 Å². The Kier molecular flexibility index (Phi) is 12.6. The second-order valence-electron chi connectivity index (χ2n) is 8.85. The Bertz CT molecular complexity index is 1290. The van der Waals surface area contributed by atoms with Gasteiger partial charge < -0.3 is 29.5 Å². The summed E-state index contributed by atoms with van der Waals surface area (Å²) in [5, 5.41) is 12.7. The Hall–Kier alpha value is -3.44. The summed E-state index contributed by atoms with van der Waals surface area (Å²) in [5.41, 5.74) is 1.35. The van der Waals surface area contributed by atoms with Crippen molar-refractivity contribution in [3.05, 3.63) is 93.5 Å². The Balaban J connectivity index is 1.58. The number of benzene rings is 3. The summed E-state index contributed by atoms with van der Waals surface area (Å²) in [7, 11) is 0. The maximum atomic E-state index is 14.1. The van der Waals surface area contributed by atoms with Gasteiger partial charge in [-0.25, -0.2) is 18.4 Å². The van der Waals surface area contributed by atoms with Crippen LogP contribution >= 0.6 is 23.2 Å². The lowest BCUT2D eigenvalue weighted by Crippen LogP contribution is -2.40. The van der Waals surface area contributed by atoms with Crippen molar-refractivity contribution in [2.75, 3.05) is 38.2 Å². The number of nitrogens with zero attached hydrogens (tertiary/aromatic N) is 1. The van der Waals surface area contributed by atoms with E-state index < -0.39 is 29.7 Å². The van der Waals surface area contributed by atoms with Gasteiger partial charge in [0.15, 0.2) is 6.10 Å². The molecule has 0 saturated carbocycles. The van der Waals surface area contributed by atoms with E-state index in [9.17, 15) is 23.5 Å². The molecule has 0 aliphatic carbocycles. The van der Waals surface area contributed by atoms with Gasteiger partial charge in [-0.1, -0.05) is 35.3 Å². The van der Waals surface area contributed by atoms with Gasteiger partial charge in [0.25, 0.3) is 0 Å². The van der Waals surface area contributed by atoms with Gasteiger partial charge in [-0.15, -0.1) is 0 Å². The molecule has 0 aliphatic rings. The molecule has 0 heterocycles. The number of amides is 2. The first-order chi connectivity index (χ1) is 19.6. The maximum absolute atomic E-state index is 14.1. The molecule has 0 spiro atoms. The number of carboxylic acid groups (broad SMARTS) is 1. The van der Waals surface area contributed by atoms with E-state index in [1.54, 1.807) is 49.4 Å². The van der Waals surface area contributed by atoms with E-state index in [-0.39, 0.29) is 51.6 Å². The van der Waals surface area contributed by atoms with Crippen LogP contribution in [0.3, 0.4) is 0 Å². The SMILES string of the molecule is CCOC(Cc1ccc(OCCN(CCOCc2cc(Cl)cc(Cl)c2)C(=O)Nc2ccc(F)cc2F)cc1)C(=O)O. The first-order valence-corrected chi connectivity index (χ1v) is 13.5. The Morgan fingerprint density at radius 2 is 1.63 bits per heavy atom. The Labute approximate surface area is 246 Å². The number of hydrogen-bond acceptors (Lipinski definition) is 5. The van der Waals surface area contributed by atoms with Gasteiger partial charge in [-0.2, -0.15) is 0 Å². The highest BCUT2D eigenvalue weighted by Gasteiger charge is 2.18. The van der Waals surface area contributed by atoms with Crippen molar-refractivity contribution in [3.63, 3.8) is 0 Å². The van der Waals surface area contributed by atoms with Gasteiger partial charge >= 0.3 is 12.0 Å². The molecule has 3 aromatic carbocycles. The standard InChI is InChI=1S/C29H30Cl2F2N2O6/c1-2-40-27(28(36)37)15-19-3-6-24(7-4-19)41-12-10-35(29(38)34-26-8-5-23(32)17-25(26)33)9-11-39-18-20-13-21(30)16-22(31)14-20/h3-8,13-14,16-17,27H,2,9-12,15,18H2,1H3,(H,34,38)(H,36,37). The predicted molar refractivity (Wildman–Crippen MR) is 152 cm³/mol. The molecule has 1 atom stereocenters. The van der Waals surface area contributed by atoms with Crippen LogP contribution < -0.4 is 10.1 Å². The highest BCUT2D eigenvalue weighted by molar-refractivity contribution is 6.34. The smallest absolute Gasteiger partial charge is 0.333 e. The lowest BCUT2D eigenvalue weighted by atomic mass is 10.1. The number of anilines is 1. The molecule has 3 rings (SSSR count). The molecule has 0 bridgehead atoms. The van der Waals surface area contributed by atoms with E-state index in [0.717, 1.165) is 23.3 Å². The monoisotopic (exact) mass is 610 g/mol. The fourth-order valence-corrected chi connectivity index (χ4v) is 4.36. The van der Waals surface area contributed by atoms with Gasteiger partial charge in [0.05, 0.1) is 25.4 Å². The van der Waals surface area contributed by atoms with Crippen molar-refractivity contribution < 1.29 is 37.7 Å². The molecule has 8 nitrogen and oxygen atoms in total. The molecule has 1 unspecified atom stereocenters. The van der Waals surface area contributed by atoms with Gasteiger partial charge in [0.2, 0.25) is 0 Å². The summed E-state index contributed by atoms with van der Waals surface area (Å²) >= 11 is 12.0. The van der Waals surface area contributed by atoms with Crippen molar-refractivity contribution in [1.82, 2.24) is 4.90 Å². The van der Waals surface area contributed by atoms with Crippen LogP contribution in [-0.4, -0.2) is 61.0 Å². The summed E-state index contributed by atoms with van der Waals surface area (Å²) in [6, 6.07) is 14.1. The average Bonchev–Trinajstić information content (AvgIpc) is 2.91. The minimum atomic E-state index is -1.04. The van der Waals surface area contributed by atoms with E-state index in [1.165, 1.54) is 4.90 Å². The van der Waals surface area contributed by atoms with Crippen LogP contribution in [0.5, 0.6) is 5.75 Å². The number of nitrogens with one attached hydrogen (secondary N) is 1. The maximum Gasteiger partial charge on any atom is 0.333 e. The van der Waals surface area contributed by atoms with Crippen molar-refractivity contribution >= 4 is 40.9 Å². The predicted octanol–water partition coefficient (Wildman–Crippen LogP) is 6.43. The fraction of sp³-hybridized carbons (Fsp3) is 0.310. The van der Waals surface area contributed by atoms with Crippen LogP contribution in [0.1, 0.15) is 18.1 Å². The highest BCUT2D eigenvalue weighted by atomic mass is 35.5. The van der Waals surface area contributed by atoms with Crippen LogP contribution in [0, 0.1) is 11.6 Å². The van der Waals surface area contributed by atoms with Gasteiger partial charge in [-0.3, -0.25) is 0 Å². The topological polar surface area (TPSA) is 97.3 Å². The number of carbonyl (C=O) groups is 2. The normalized spacial score (nSPS) is 11.6. The second-order valence-corrected chi connectivity index (χ2v) is 9.72. The minimum Gasteiger partial charge on any atom is -0.492 e. The number of urea groups is 1. The number of aliphatic carboxylic acids is 1. The molecular formula is C29H30Cl2F2N2O6. The molecule has 3 aromatic rings. The first-order valence-electron chi connectivity index (χ1n) is 12.7. The fourth-order valence-electron chi connectivity index (χ4n) is 3.79. The number of rotatable bonds is 15. The zero-order valence-electron chi connectivity index (χ0n) is 22.2. The number of halogens is 4. The van der Waals surface area contributed by atoms with E-state index in [2.05, 4.69) is 5.32 Å². The summed E-state index contributed by atoms with van der Waals surface area (Å²) < 4.78 is 44.1. The summed E-state index contributed by atoms with van der Waals surface area (Å²) in [6.45, 7) is 2.72. The largest absolute Gasteiger partial charge is 0.492 e. The lowest BCUT2D eigenvalue weighted by molar-refractivity contribution is -0.149. The zero-order valence-corrected chi connectivity index (χ0v) is 23.8. The molecule has 0 radical (unpaired) electrons. The van der Waals surface area contributed by atoms with Crippen LogP contribution in [0.25, 0.3) is 0 Å². The van der Waals surface area contributed by atoms with E-state index in [1.807, 2.05) is 0 Å². The minimum absolute atomic E-state index is 0.0965. The Morgan fingerprint density at radius 1 is 0.951 bits per heavy atom. The van der Waals surface area contributed by atoms with E-state index >= 15 is 0 Å². The first kappa shape index (κ1) is 32.1. The summed E-state index contributed by atoms with van der Waals surface area (Å²) in [4.78, 5) is 25.6. The van der Waals surface area contributed by atoms with Gasteiger partial charge in [-0.05, 0) is 60.5 Å². The van der Waals surface area contributed by atoms with Crippen LogP contribution in [0.15, 0.2) is 60.7 Å². The molecule has 0 fully saturated rings. The van der Waals surface area contributed by atoms with Crippen molar-refractivity contribution in [2.45, 2.75) is 26.1 Å². The van der Waals surface area contributed by atoms with E-state index in [0.29, 0.717) is 21.9 Å². The zero-order chi connectivity index (χ0) is 29.8. The third kappa shape index (κ3) is 10.8. The molecule has 0 aliphatic heterocycles. The molecule has 0 saturated heterocycles. The second kappa shape index (κ2) is 16.1. The van der Waals surface area contributed by atoms with Crippen molar-refractivity contribution in [2.24, 2.45) is 0 Å². The molecule has 12 heteroatoms. The van der Waals surface area contributed by atoms with Crippen LogP contribution in [-0.2, 0) is 27.3 Å². The molecule has 2 N–H and O–H groups in total. The van der Waals surface area contributed by atoms with Crippen molar-refractivity contribution in [3.8, 4) is 5.75 Å². The lowest BCUT2D eigenvalue weighted by Gasteiger charge is -2.23. The van der Waals surface area contributed by atoms with Crippen molar-refractivity contribution in [1.29, 1.82) is 0 Å². The Morgan fingerprint density at radius 3 is 2.27 bits per heavy atom. The molecule has 41 heavy (non-hydrogen) atoms.